The molecule has 0 aromatic carbocycles. The van der Waals surface area contributed by atoms with Gasteiger partial charge in [0.05, 0.1) is 11.8 Å². The molecule has 0 radical (unpaired) electrons. The third-order valence-corrected chi connectivity index (χ3v) is 3.97. The molecule has 1 aromatic rings. The zero-order valence-electron chi connectivity index (χ0n) is 10.9. The molecule has 2 rings (SSSR count). The fourth-order valence-electron chi connectivity index (χ4n) is 1.52. The molecule has 1 atom stereocenters. The van der Waals surface area contributed by atoms with Crippen molar-refractivity contribution in [3.05, 3.63) is 5.82 Å². The van der Waals surface area contributed by atoms with E-state index >= 15 is 0 Å². The predicted octanol–water partition coefficient (Wildman–Crippen LogP) is 0.294. The highest BCUT2D eigenvalue weighted by Crippen LogP contribution is 2.24. The van der Waals surface area contributed by atoms with E-state index in [1.807, 2.05) is 25.6 Å². The first-order valence-corrected chi connectivity index (χ1v) is 6.99. The van der Waals surface area contributed by atoms with E-state index in [0.717, 1.165) is 23.8 Å². The van der Waals surface area contributed by atoms with Crippen LogP contribution in [0.1, 0.15) is 25.6 Å². The minimum absolute atomic E-state index is 0.0840. The Bertz CT molecular complexity index is 429. The Morgan fingerprint density at radius 3 is 2.89 bits per heavy atom. The maximum absolute atomic E-state index is 11.8. The third kappa shape index (κ3) is 3.23. The largest absolute Gasteiger partial charge is 0.352 e. The number of aromatic nitrogens is 3. The Morgan fingerprint density at radius 2 is 2.28 bits per heavy atom. The van der Waals surface area contributed by atoms with E-state index in [1.54, 1.807) is 0 Å². The Kier molecular flexibility index (Phi) is 4.23. The topological polar surface area (TPSA) is 71.8 Å². The van der Waals surface area contributed by atoms with E-state index in [2.05, 4.69) is 20.8 Å². The Balaban J connectivity index is 1.93. The van der Waals surface area contributed by atoms with Crippen LogP contribution in [-0.2, 0) is 18.4 Å². The standard InChI is InChI=1S/C11H19N5OS/c1-7(10(17)13-8-4-5-8)18-11-15-14-9(6-12-2)16(11)3/h7-8,12H,4-6H2,1-3H3,(H,13,17)/t7-/m0/s1. The Hall–Kier alpha value is -1.08. The third-order valence-electron chi connectivity index (χ3n) is 2.84. The van der Waals surface area contributed by atoms with Crippen molar-refractivity contribution in [1.29, 1.82) is 0 Å². The van der Waals surface area contributed by atoms with Gasteiger partial charge in [0.1, 0.15) is 5.82 Å². The van der Waals surface area contributed by atoms with Crippen LogP contribution in [0.4, 0.5) is 0 Å². The smallest absolute Gasteiger partial charge is 0.233 e. The van der Waals surface area contributed by atoms with Gasteiger partial charge in [0.15, 0.2) is 5.16 Å². The maximum atomic E-state index is 11.8. The molecular weight excluding hydrogens is 250 g/mol. The minimum atomic E-state index is -0.143. The lowest BCUT2D eigenvalue weighted by Crippen LogP contribution is -2.32. The second-order valence-corrected chi connectivity index (χ2v) is 5.84. The van der Waals surface area contributed by atoms with Gasteiger partial charge < -0.3 is 15.2 Å². The van der Waals surface area contributed by atoms with Crippen LogP contribution in [0, 0.1) is 0 Å². The number of rotatable bonds is 6. The summed E-state index contributed by atoms with van der Waals surface area (Å²) in [7, 11) is 3.79. The molecule has 1 aliphatic rings. The highest BCUT2D eigenvalue weighted by Gasteiger charge is 2.26. The highest BCUT2D eigenvalue weighted by molar-refractivity contribution is 8.00. The van der Waals surface area contributed by atoms with Crippen molar-refractivity contribution in [3.63, 3.8) is 0 Å². The van der Waals surface area contributed by atoms with Gasteiger partial charge in [0.2, 0.25) is 5.91 Å². The number of hydrogen-bond acceptors (Lipinski definition) is 5. The first kappa shape index (κ1) is 13.4. The molecule has 18 heavy (non-hydrogen) atoms. The summed E-state index contributed by atoms with van der Waals surface area (Å²) in [6, 6.07) is 0.403. The van der Waals surface area contributed by atoms with Gasteiger partial charge in [0.25, 0.3) is 0 Å². The number of carbonyl (C=O) groups excluding carboxylic acids is 1. The minimum Gasteiger partial charge on any atom is -0.352 e. The average molecular weight is 269 g/mol. The molecule has 2 N–H and O–H groups in total. The van der Waals surface area contributed by atoms with Crippen molar-refractivity contribution in [3.8, 4) is 0 Å². The molecule has 0 bridgehead atoms. The lowest BCUT2D eigenvalue weighted by molar-refractivity contribution is -0.120. The number of nitrogens with zero attached hydrogens (tertiary/aromatic N) is 3. The molecule has 100 valence electrons. The van der Waals surface area contributed by atoms with Crippen molar-refractivity contribution in [2.24, 2.45) is 7.05 Å². The van der Waals surface area contributed by atoms with Gasteiger partial charge in [0, 0.05) is 13.1 Å². The summed E-state index contributed by atoms with van der Waals surface area (Å²) in [4.78, 5) is 11.8. The molecule has 1 heterocycles. The van der Waals surface area contributed by atoms with E-state index in [1.165, 1.54) is 11.8 Å². The van der Waals surface area contributed by atoms with Crippen molar-refractivity contribution >= 4 is 17.7 Å². The van der Waals surface area contributed by atoms with E-state index in [9.17, 15) is 4.79 Å². The molecule has 1 saturated carbocycles. The van der Waals surface area contributed by atoms with Crippen molar-refractivity contribution in [2.45, 2.75) is 42.8 Å². The number of carbonyl (C=O) groups is 1. The van der Waals surface area contributed by atoms with E-state index in [0.29, 0.717) is 12.6 Å². The lowest BCUT2D eigenvalue weighted by atomic mass is 10.4. The molecular formula is C11H19N5OS. The van der Waals surface area contributed by atoms with Crippen molar-refractivity contribution < 1.29 is 4.79 Å². The summed E-state index contributed by atoms with van der Waals surface area (Å²) < 4.78 is 1.92. The summed E-state index contributed by atoms with van der Waals surface area (Å²) in [5.41, 5.74) is 0. The molecule has 1 aliphatic carbocycles. The molecule has 1 amide bonds. The van der Waals surface area contributed by atoms with Gasteiger partial charge in [-0.15, -0.1) is 10.2 Å². The SMILES string of the molecule is CNCc1nnc(S[C@@H](C)C(=O)NC2CC2)n1C. The van der Waals surface area contributed by atoms with E-state index in [4.69, 9.17) is 0 Å². The summed E-state index contributed by atoms with van der Waals surface area (Å²) >= 11 is 1.44. The number of thioether (sulfide) groups is 1. The van der Waals surface area contributed by atoms with Gasteiger partial charge in [-0.05, 0) is 26.8 Å². The molecule has 0 saturated heterocycles. The van der Waals surface area contributed by atoms with Crippen LogP contribution in [0.3, 0.4) is 0 Å². The lowest BCUT2D eigenvalue weighted by Gasteiger charge is -2.10. The Morgan fingerprint density at radius 1 is 1.56 bits per heavy atom. The van der Waals surface area contributed by atoms with E-state index in [-0.39, 0.29) is 11.2 Å². The van der Waals surface area contributed by atoms with Crippen molar-refractivity contribution in [1.82, 2.24) is 25.4 Å². The highest BCUT2D eigenvalue weighted by atomic mass is 32.2. The molecule has 0 unspecified atom stereocenters. The van der Waals surface area contributed by atoms with Gasteiger partial charge in [-0.3, -0.25) is 4.79 Å². The first-order valence-electron chi connectivity index (χ1n) is 6.11. The van der Waals surface area contributed by atoms with Gasteiger partial charge in [-0.1, -0.05) is 11.8 Å². The predicted molar refractivity (Wildman–Crippen MR) is 70.3 cm³/mol. The van der Waals surface area contributed by atoms with Crippen molar-refractivity contribution in [2.75, 3.05) is 7.05 Å². The summed E-state index contributed by atoms with van der Waals surface area (Å²) in [5.74, 6) is 0.954. The number of nitrogens with one attached hydrogen (secondary N) is 2. The zero-order chi connectivity index (χ0) is 13.1. The van der Waals surface area contributed by atoms with Gasteiger partial charge in [-0.2, -0.15) is 0 Å². The monoisotopic (exact) mass is 269 g/mol. The second kappa shape index (κ2) is 5.71. The number of hydrogen-bond donors (Lipinski definition) is 2. The van der Waals surface area contributed by atoms with Crippen LogP contribution in [0.2, 0.25) is 0 Å². The van der Waals surface area contributed by atoms with Crippen LogP contribution in [0.25, 0.3) is 0 Å². The molecule has 0 aliphatic heterocycles. The second-order valence-electron chi connectivity index (χ2n) is 4.53. The fraction of sp³-hybridized carbons (Fsp3) is 0.727. The molecule has 1 aromatic heterocycles. The zero-order valence-corrected chi connectivity index (χ0v) is 11.8. The molecule has 0 spiro atoms. The average Bonchev–Trinajstić information content (AvgIpc) is 3.09. The molecule has 1 fully saturated rings. The molecule has 7 heteroatoms. The van der Waals surface area contributed by atoms with Crippen LogP contribution < -0.4 is 10.6 Å². The molecule has 6 nitrogen and oxygen atoms in total. The van der Waals surface area contributed by atoms with Crippen LogP contribution >= 0.6 is 11.8 Å². The van der Waals surface area contributed by atoms with Crippen LogP contribution in [0.15, 0.2) is 5.16 Å². The van der Waals surface area contributed by atoms with Gasteiger partial charge in [-0.25, -0.2) is 0 Å². The van der Waals surface area contributed by atoms with Crippen LogP contribution in [-0.4, -0.2) is 39.0 Å². The Labute approximate surface area is 111 Å². The van der Waals surface area contributed by atoms with Crippen LogP contribution in [0.5, 0.6) is 0 Å². The normalized spacial score (nSPS) is 16.6. The number of amides is 1. The quantitative estimate of drug-likeness (QED) is 0.727. The van der Waals surface area contributed by atoms with Gasteiger partial charge >= 0.3 is 0 Å². The fourth-order valence-corrected chi connectivity index (χ4v) is 2.36. The van der Waals surface area contributed by atoms with E-state index < -0.39 is 0 Å². The summed E-state index contributed by atoms with van der Waals surface area (Å²) in [6.45, 7) is 2.57. The summed E-state index contributed by atoms with van der Waals surface area (Å²) in [5, 5.41) is 14.9. The first-order chi connectivity index (χ1) is 8.61. The summed E-state index contributed by atoms with van der Waals surface area (Å²) in [6.07, 6.45) is 2.22. The maximum Gasteiger partial charge on any atom is 0.233 e.